The molecule has 0 saturated heterocycles. The molecular formula is C48H37N5O. The smallest absolute Gasteiger partial charge is 0.168 e. The Morgan fingerprint density at radius 1 is 0.444 bits per heavy atom. The summed E-state index contributed by atoms with van der Waals surface area (Å²) in [5.41, 5.74) is 9.22. The predicted octanol–water partition coefficient (Wildman–Crippen LogP) is 12.0. The van der Waals surface area contributed by atoms with Crippen LogP contribution in [0.25, 0.3) is 83.4 Å². The molecule has 3 aromatic heterocycles. The summed E-state index contributed by atoms with van der Waals surface area (Å²) < 4.78 is 14.0. The van der Waals surface area contributed by atoms with Crippen molar-refractivity contribution in [1.29, 1.82) is 0 Å². The van der Waals surface area contributed by atoms with E-state index in [1.807, 2.05) is 36.4 Å². The van der Waals surface area contributed by atoms with Gasteiger partial charge in [-0.25, -0.2) is 0 Å². The minimum absolute atomic E-state index is 0.585. The van der Waals surface area contributed by atoms with Crippen LogP contribution in [0.1, 0.15) is 19.8 Å². The van der Waals surface area contributed by atoms with E-state index in [-0.39, 0.29) is 0 Å². The first kappa shape index (κ1) is 31.8. The Morgan fingerprint density at radius 2 is 0.815 bits per heavy atom. The molecule has 0 spiro atoms. The predicted molar refractivity (Wildman–Crippen MR) is 221 cm³/mol. The summed E-state index contributed by atoms with van der Waals surface area (Å²) in [5.74, 6) is 2.34. The van der Waals surface area contributed by atoms with Crippen molar-refractivity contribution in [3.63, 3.8) is 0 Å². The first-order valence-electron chi connectivity index (χ1n) is 18.6. The minimum atomic E-state index is 0.585. The highest BCUT2D eigenvalue weighted by molar-refractivity contribution is 6.11. The molecule has 0 unspecified atom stereocenters. The molecule has 0 saturated carbocycles. The maximum Gasteiger partial charge on any atom is 0.168 e. The van der Waals surface area contributed by atoms with Gasteiger partial charge in [0.25, 0.3) is 0 Å². The third kappa shape index (κ3) is 5.10. The summed E-state index contributed by atoms with van der Waals surface area (Å²) in [6, 6.07) is 59.8. The van der Waals surface area contributed by atoms with Crippen LogP contribution >= 0.6 is 0 Å². The second-order valence-corrected chi connectivity index (χ2v) is 13.7. The minimum Gasteiger partial charge on any atom is -0.489 e. The van der Waals surface area contributed by atoms with Gasteiger partial charge in [-0.3, -0.25) is 4.57 Å². The maximum absolute atomic E-state index is 7.07. The van der Waals surface area contributed by atoms with E-state index in [9.17, 15) is 0 Å². The van der Waals surface area contributed by atoms with E-state index in [1.54, 1.807) is 0 Å². The molecule has 0 fully saturated rings. The highest BCUT2D eigenvalue weighted by atomic mass is 16.5. The third-order valence-corrected chi connectivity index (χ3v) is 10.4. The molecule has 54 heavy (non-hydrogen) atoms. The number of hydrogen-bond acceptors (Lipinski definition) is 3. The lowest BCUT2D eigenvalue weighted by atomic mass is 10.1. The lowest BCUT2D eigenvalue weighted by molar-refractivity contribution is 0.308. The van der Waals surface area contributed by atoms with E-state index in [4.69, 9.17) is 14.9 Å². The molecule has 0 N–H and O–H groups in total. The second kappa shape index (κ2) is 13.2. The zero-order valence-corrected chi connectivity index (χ0v) is 29.9. The molecule has 0 amide bonds. The fourth-order valence-corrected chi connectivity index (χ4v) is 7.95. The monoisotopic (exact) mass is 699 g/mol. The number of unbranched alkanes of at least 4 members (excludes halogenated alkanes) is 1. The van der Waals surface area contributed by atoms with Gasteiger partial charge >= 0.3 is 0 Å². The molecule has 260 valence electrons. The first-order chi connectivity index (χ1) is 26.8. The molecule has 10 rings (SSSR count). The number of aromatic nitrogens is 5. The van der Waals surface area contributed by atoms with E-state index >= 15 is 0 Å². The van der Waals surface area contributed by atoms with Gasteiger partial charge in [0, 0.05) is 32.7 Å². The Bertz CT molecular complexity index is 2660. The number of hydrogen-bond donors (Lipinski definition) is 0. The Kier molecular flexibility index (Phi) is 7.80. The standard InChI is InChI=1S/C48H37N5O/c1-2-3-30-54-46-44(52-40-26-14-10-22-36(40)37-23-11-15-27-41(37)52)31-35(32-45(46)53-42-28-16-12-24-38(42)39-25-13-17-29-43(39)53)51-47(33-18-6-4-7-19-33)49-50-48(51)34-20-8-5-9-21-34/h4-29,31-32H,2-3,30H2,1H3. The maximum atomic E-state index is 7.07. The summed E-state index contributed by atoms with van der Waals surface area (Å²) >= 11 is 0. The SMILES string of the molecule is CCCCOc1c(-n2c3ccccc3c3ccccc32)cc(-n2c(-c3ccccc3)nnc2-c2ccccc2)cc1-n1c2ccccc2c2ccccc21. The Labute approximate surface area is 313 Å². The zero-order chi connectivity index (χ0) is 36.0. The zero-order valence-electron chi connectivity index (χ0n) is 29.9. The fraction of sp³-hybridized carbons (Fsp3) is 0.0833. The van der Waals surface area contributed by atoms with Crippen molar-refractivity contribution >= 4 is 43.6 Å². The first-order valence-corrected chi connectivity index (χ1v) is 18.6. The van der Waals surface area contributed by atoms with Crippen LogP contribution in [0.5, 0.6) is 5.75 Å². The van der Waals surface area contributed by atoms with Gasteiger partial charge in [0.2, 0.25) is 0 Å². The fourth-order valence-electron chi connectivity index (χ4n) is 7.95. The number of nitrogens with zero attached hydrogens (tertiary/aromatic N) is 5. The van der Waals surface area contributed by atoms with Gasteiger partial charge in [-0.1, -0.05) is 147 Å². The molecule has 0 aliphatic heterocycles. The van der Waals surface area contributed by atoms with Crippen molar-refractivity contribution in [2.75, 3.05) is 6.61 Å². The largest absolute Gasteiger partial charge is 0.489 e. The van der Waals surface area contributed by atoms with Gasteiger partial charge in [0.05, 0.1) is 45.7 Å². The molecule has 0 atom stereocenters. The summed E-state index contributed by atoms with van der Waals surface area (Å²) in [6.07, 6.45) is 1.96. The molecule has 0 aliphatic rings. The molecule has 0 aliphatic carbocycles. The molecule has 6 nitrogen and oxygen atoms in total. The Hall–Kier alpha value is -6.92. The van der Waals surface area contributed by atoms with Crippen molar-refractivity contribution in [2.24, 2.45) is 0 Å². The average molecular weight is 700 g/mol. The lowest BCUT2D eigenvalue weighted by Crippen LogP contribution is -2.10. The van der Waals surface area contributed by atoms with Crippen molar-refractivity contribution < 1.29 is 4.74 Å². The average Bonchev–Trinajstić information content (AvgIpc) is 3.93. The number of fused-ring (bicyclic) bond motifs is 6. The molecule has 6 heteroatoms. The highest BCUT2D eigenvalue weighted by Gasteiger charge is 2.26. The van der Waals surface area contributed by atoms with Crippen LogP contribution in [-0.4, -0.2) is 30.5 Å². The topological polar surface area (TPSA) is 49.8 Å². The van der Waals surface area contributed by atoms with Crippen LogP contribution in [0.4, 0.5) is 0 Å². The van der Waals surface area contributed by atoms with E-state index in [2.05, 4.69) is 154 Å². The molecule has 0 bridgehead atoms. The van der Waals surface area contributed by atoms with Gasteiger partial charge in [0.15, 0.2) is 17.4 Å². The highest BCUT2D eigenvalue weighted by Crippen LogP contribution is 2.44. The van der Waals surface area contributed by atoms with Gasteiger partial charge in [-0.15, -0.1) is 10.2 Å². The van der Waals surface area contributed by atoms with E-state index < -0.39 is 0 Å². The molecule has 3 heterocycles. The van der Waals surface area contributed by atoms with Gasteiger partial charge in [0.1, 0.15) is 0 Å². The van der Waals surface area contributed by atoms with Gasteiger partial charge < -0.3 is 13.9 Å². The Balaban J connectivity index is 1.39. The van der Waals surface area contributed by atoms with Crippen molar-refractivity contribution in [3.05, 3.63) is 170 Å². The number of para-hydroxylation sites is 4. The number of ether oxygens (including phenoxy) is 1. The van der Waals surface area contributed by atoms with Gasteiger partial charge in [-0.05, 0) is 42.8 Å². The summed E-state index contributed by atoms with van der Waals surface area (Å²) in [4.78, 5) is 0. The second-order valence-electron chi connectivity index (χ2n) is 13.7. The van der Waals surface area contributed by atoms with Crippen molar-refractivity contribution in [2.45, 2.75) is 19.8 Å². The summed E-state index contributed by atoms with van der Waals surface area (Å²) in [6.45, 7) is 2.79. The quantitative estimate of drug-likeness (QED) is 0.141. The molecule has 7 aromatic carbocycles. The van der Waals surface area contributed by atoms with Crippen molar-refractivity contribution in [3.8, 4) is 45.6 Å². The summed E-state index contributed by atoms with van der Waals surface area (Å²) in [5, 5.41) is 14.5. The van der Waals surface area contributed by atoms with Gasteiger partial charge in [-0.2, -0.15) is 0 Å². The number of rotatable bonds is 9. The van der Waals surface area contributed by atoms with E-state index in [1.165, 1.54) is 21.5 Å². The van der Waals surface area contributed by atoms with Crippen molar-refractivity contribution in [1.82, 2.24) is 23.9 Å². The third-order valence-electron chi connectivity index (χ3n) is 10.4. The van der Waals surface area contributed by atoms with Crippen LogP contribution in [0.3, 0.4) is 0 Å². The Morgan fingerprint density at radius 3 is 1.20 bits per heavy atom. The molecular weight excluding hydrogens is 663 g/mol. The summed E-state index contributed by atoms with van der Waals surface area (Å²) in [7, 11) is 0. The molecule has 0 radical (unpaired) electrons. The van der Waals surface area contributed by atoms with Crippen LogP contribution in [0.2, 0.25) is 0 Å². The molecule has 10 aromatic rings. The number of benzene rings is 7. The van der Waals surface area contributed by atoms with Crippen LogP contribution in [-0.2, 0) is 0 Å². The van der Waals surface area contributed by atoms with Crippen LogP contribution in [0.15, 0.2) is 170 Å². The van der Waals surface area contributed by atoms with E-state index in [0.29, 0.717) is 6.61 Å². The lowest BCUT2D eigenvalue weighted by Gasteiger charge is -2.23. The van der Waals surface area contributed by atoms with Crippen LogP contribution < -0.4 is 4.74 Å². The van der Waals surface area contributed by atoms with E-state index in [0.717, 1.165) is 80.5 Å². The van der Waals surface area contributed by atoms with Crippen LogP contribution in [0, 0.1) is 0 Å². The normalized spacial score (nSPS) is 11.6.